The number of benzene rings is 1. The third-order valence-corrected chi connectivity index (χ3v) is 6.52. The highest BCUT2D eigenvalue weighted by Crippen LogP contribution is 2.26. The van der Waals surface area contributed by atoms with Gasteiger partial charge in [-0.05, 0) is 57.9 Å². The van der Waals surface area contributed by atoms with Crippen LogP contribution in [0.4, 0.5) is 0 Å². The summed E-state index contributed by atoms with van der Waals surface area (Å²) in [6.45, 7) is 4.66. The topological polar surface area (TPSA) is 90.0 Å². The van der Waals surface area contributed by atoms with Crippen molar-refractivity contribution in [3.63, 3.8) is 0 Å². The molecule has 156 valence electrons. The van der Waals surface area contributed by atoms with E-state index in [4.69, 9.17) is 9.47 Å². The van der Waals surface area contributed by atoms with Crippen molar-refractivity contribution in [3.05, 3.63) is 29.8 Å². The van der Waals surface area contributed by atoms with Crippen molar-refractivity contribution in [2.75, 3.05) is 13.7 Å². The van der Waals surface area contributed by atoms with E-state index in [9.17, 15) is 18.0 Å². The fourth-order valence-corrected chi connectivity index (χ4v) is 4.56. The standard InChI is InChI=1S/C20H29NO6S/c1-20(2,3)27-18(22)14-26-19(23)15-10-12-17(13-11-15)28(24,25)21(4)16-8-6-5-7-9-16/h10-13,16H,5-9,14H2,1-4H3. The number of esters is 2. The first-order valence-corrected chi connectivity index (χ1v) is 10.9. The fraction of sp³-hybridized carbons (Fsp3) is 0.600. The molecular formula is C20H29NO6S. The molecule has 1 aromatic rings. The summed E-state index contributed by atoms with van der Waals surface area (Å²) in [6.07, 6.45) is 4.94. The molecule has 0 saturated heterocycles. The minimum Gasteiger partial charge on any atom is -0.457 e. The summed E-state index contributed by atoms with van der Waals surface area (Å²) in [5.74, 6) is -1.36. The molecule has 1 fully saturated rings. The molecule has 7 nitrogen and oxygen atoms in total. The monoisotopic (exact) mass is 411 g/mol. The second-order valence-electron chi connectivity index (χ2n) is 8.00. The Kier molecular flexibility index (Phi) is 7.22. The molecule has 0 aromatic heterocycles. The second-order valence-corrected chi connectivity index (χ2v) is 10.00. The molecule has 0 spiro atoms. The average Bonchev–Trinajstić information content (AvgIpc) is 2.65. The summed E-state index contributed by atoms with van der Waals surface area (Å²) in [5, 5.41) is 0. The smallest absolute Gasteiger partial charge is 0.344 e. The van der Waals surface area contributed by atoms with E-state index in [0.717, 1.165) is 32.1 Å². The molecule has 8 heteroatoms. The third kappa shape index (κ3) is 6.04. The Morgan fingerprint density at radius 3 is 2.18 bits per heavy atom. The predicted octanol–water partition coefficient (Wildman–Crippen LogP) is 3.14. The van der Waals surface area contributed by atoms with Gasteiger partial charge in [-0.25, -0.2) is 18.0 Å². The summed E-state index contributed by atoms with van der Waals surface area (Å²) in [4.78, 5) is 23.8. The minimum atomic E-state index is -3.62. The number of nitrogens with zero attached hydrogens (tertiary/aromatic N) is 1. The van der Waals surface area contributed by atoms with Gasteiger partial charge in [0, 0.05) is 13.1 Å². The van der Waals surface area contributed by atoms with Crippen molar-refractivity contribution < 1.29 is 27.5 Å². The Labute approximate surface area is 167 Å². The lowest BCUT2D eigenvalue weighted by atomic mass is 9.96. The van der Waals surface area contributed by atoms with Gasteiger partial charge in [-0.3, -0.25) is 0 Å². The largest absolute Gasteiger partial charge is 0.457 e. The Hall–Kier alpha value is -1.93. The molecule has 0 atom stereocenters. The fourth-order valence-electron chi connectivity index (χ4n) is 3.15. The van der Waals surface area contributed by atoms with Crippen molar-refractivity contribution in [3.8, 4) is 0 Å². The molecule has 0 amide bonds. The zero-order valence-corrected chi connectivity index (χ0v) is 17.8. The number of hydrogen-bond donors (Lipinski definition) is 0. The van der Waals surface area contributed by atoms with Gasteiger partial charge in [0.05, 0.1) is 10.5 Å². The summed E-state index contributed by atoms with van der Waals surface area (Å²) in [5.41, 5.74) is -0.494. The molecule has 28 heavy (non-hydrogen) atoms. The average molecular weight is 412 g/mol. The molecule has 1 aliphatic carbocycles. The van der Waals surface area contributed by atoms with E-state index in [-0.39, 0.29) is 16.5 Å². The number of ether oxygens (including phenoxy) is 2. The number of sulfonamides is 1. The van der Waals surface area contributed by atoms with Crippen molar-refractivity contribution in [2.45, 2.75) is 69.4 Å². The Balaban J connectivity index is 1.99. The molecule has 2 rings (SSSR count). The highest BCUT2D eigenvalue weighted by molar-refractivity contribution is 7.89. The lowest BCUT2D eigenvalue weighted by molar-refractivity contribution is -0.158. The van der Waals surface area contributed by atoms with E-state index < -0.39 is 34.2 Å². The lowest BCUT2D eigenvalue weighted by Gasteiger charge is -2.30. The van der Waals surface area contributed by atoms with Crippen LogP contribution in [0.15, 0.2) is 29.2 Å². The van der Waals surface area contributed by atoms with E-state index in [1.54, 1.807) is 27.8 Å². The van der Waals surface area contributed by atoms with E-state index >= 15 is 0 Å². The summed E-state index contributed by atoms with van der Waals surface area (Å²) >= 11 is 0. The number of rotatable bonds is 6. The first kappa shape index (κ1) is 22.4. The molecule has 0 unspecified atom stereocenters. The molecular weight excluding hydrogens is 382 g/mol. The molecule has 1 aromatic carbocycles. The SMILES string of the molecule is CN(C1CCCCC1)S(=O)(=O)c1ccc(C(=O)OCC(=O)OC(C)(C)C)cc1. The van der Waals surface area contributed by atoms with Crippen LogP contribution in [0.5, 0.6) is 0 Å². The first-order valence-electron chi connectivity index (χ1n) is 9.48. The minimum absolute atomic E-state index is 0.0113. The molecule has 1 saturated carbocycles. The van der Waals surface area contributed by atoms with Gasteiger partial charge < -0.3 is 9.47 Å². The molecule has 0 radical (unpaired) electrons. The quantitative estimate of drug-likeness (QED) is 0.668. The van der Waals surface area contributed by atoms with E-state index in [1.807, 2.05) is 0 Å². The van der Waals surface area contributed by atoms with Gasteiger partial charge in [-0.2, -0.15) is 4.31 Å². The second kappa shape index (κ2) is 9.05. The number of hydrogen-bond acceptors (Lipinski definition) is 6. The van der Waals surface area contributed by atoms with Crippen molar-refractivity contribution in [2.24, 2.45) is 0 Å². The zero-order chi connectivity index (χ0) is 20.9. The Bertz CT molecular complexity index is 789. The van der Waals surface area contributed by atoms with Gasteiger partial charge >= 0.3 is 11.9 Å². The van der Waals surface area contributed by atoms with Gasteiger partial charge in [-0.1, -0.05) is 19.3 Å². The predicted molar refractivity (Wildman–Crippen MR) is 104 cm³/mol. The first-order chi connectivity index (χ1) is 13.0. The van der Waals surface area contributed by atoms with Gasteiger partial charge in [0.25, 0.3) is 0 Å². The Morgan fingerprint density at radius 1 is 1.07 bits per heavy atom. The van der Waals surface area contributed by atoms with Crippen LogP contribution >= 0.6 is 0 Å². The zero-order valence-electron chi connectivity index (χ0n) is 16.9. The van der Waals surface area contributed by atoms with Crippen molar-refractivity contribution in [1.82, 2.24) is 4.31 Å². The lowest BCUT2D eigenvalue weighted by Crippen LogP contribution is -2.38. The van der Waals surface area contributed by atoms with Crippen LogP contribution < -0.4 is 0 Å². The van der Waals surface area contributed by atoms with Gasteiger partial charge in [-0.15, -0.1) is 0 Å². The van der Waals surface area contributed by atoms with Gasteiger partial charge in [0.2, 0.25) is 10.0 Å². The van der Waals surface area contributed by atoms with E-state index in [0.29, 0.717) is 0 Å². The summed E-state index contributed by atoms with van der Waals surface area (Å²) in [7, 11) is -2.01. The summed E-state index contributed by atoms with van der Waals surface area (Å²) < 4.78 is 37.1. The number of carbonyl (C=O) groups is 2. The Morgan fingerprint density at radius 2 is 1.64 bits per heavy atom. The maximum Gasteiger partial charge on any atom is 0.344 e. The molecule has 0 bridgehead atoms. The van der Waals surface area contributed by atoms with Crippen molar-refractivity contribution in [1.29, 1.82) is 0 Å². The van der Waals surface area contributed by atoms with Crippen LogP contribution in [-0.2, 0) is 24.3 Å². The van der Waals surface area contributed by atoms with Crippen LogP contribution in [0.25, 0.3) is 0 Å². The van der Waals surface area contributed by atoms with E-state index in [1.165, 1.54) is 28.6 Å². The highest BCUT2D eigenvalue weighted by Gasteiger charge is 2.29. The highest BCUT2D eigenvalue weighted by atomic mass is 32.2. The maximum absolute atomic E-state index is 12.8. The van der Waals surface area contributed by atoms with Crippen molar-refractivity contribution >= 4 is 22.0 Å². The maximum atomic E-state index is 12.8. The van der Waals surface area contributed by atoms with Gasteiger partial charge in [0.1, 0.15) is 5.60 Å². The molecule has 0 aliphatic heterocycles. The summed E-state index contributed by atoms with van der Waals surface area (Å²) in [6, 6.07) is 5.56. The molecule has 0 N–H and O–H groups in total. The van der Waals surface area contributed by atoms with Crippen LogP contribution in [0, 0.1) is 0 Å². The normalized spacial score (nSPS) is 16.0. The number of carbonyl (C=O) groups excluding carboxylic acids is 2. The molecule has 0 heterocycles. The van der Waals surface area contributed by atoms with Crippen LogP contribution in [-0.4, -0.2) is 50.0 Å². The van der Waals surface area contributed by atoms with Crippen LogP contribution in [0.3, 0.4) is 0 Å². The third-order valence-electron chi connectivity index (χ3n) is 4.60. The molecule has 1 aliphatic rings. The van der Waals surface area contributed by atoms with E-state index in [2.05, 4.69) is 0 Å². The van der Waals surface area contributed by atoms with Gasteiger partial charge in [0.15, 0.2) is 6.61 Å². The van der Waals surface area contributed by atoms with Crippen LogP contribution in [0.1, 0.15) is 63.2 Å². The van der Waals surface area contributed by atoms with Crippen LogP contribution in [0.2, 0.25) is 0 Å².